The van der Waals surface area contributed by atoms with E-state index in [9.17, 15) is 4.39 Å². The van der Waals surface area contributed by atoms with Gasteiger partial charge in [0.15, 0.2) is 0 Å². The van der Waals surface area contributed by atoms with E-state index in [1.54, 1.807) is 6.07 Å². The Labute approximate surface area is 111 Å². The lowest BCUT2D eigenvalue weighted by Gasteiger charge is -2.19. The van der Waals surface area contributed by atoms with Crippen LogP contribution in [0.15, 0.2) is 22.7 Å². The first-order valence-electron chi connectivity index (χ1n) is 6.15. The highest BCUT2D eigenvalue weighted by Gasteiger charge is 2.13. The summed E-state index contributed by atoms with van der Waals surface area (Å²) in [5, 5.41) is 0. The second-order valence-electron chi connectivity index (χ2n) is 4.32. The maximum absolute atomic E-state index is 13.2. The predicted molar refractivity (Wildman–Crippen MR) is 72.5 cm³/mol. The molecular weight excluding hydrogens is 283 g/mol. The van der Waals surface area contributed by atoms with Crippen LogP contribution in [0.25, 0.3) is 0 Å². The highest BCUT2D eigenvalue weighted by atomic mass is 79.9. The molecule has 17 heavy (non-hydrogen) atoms. The molecule has 0 amide bonds. The van der Waals surface area contributed by atoms with Crippen LogP contribution in [0.5, 0.6) is 0 Å². The van der Waals surface area contributed by atoms with Gasteiger partial charge in [-0.05, 0) is 36.6 Å². The number of halogens is 2. The van der Waals surface area contributed by atoms with E-state index in [0.29, 0.717) is 5.92 Å². The predicted octanol–water partition coefficient (Wildman–Crippen LogP) is 5.10. The molecule has 0 saturated carbocycles. The molecule has 0 bridgehead atoms. The lowest BCUT2D eigenvalue weighted by atomic mass is 10.0. The molecule has 0 heterocycles. The van der Waals surface area contributed by atoms with E-state index in [1.807, 2.05) is 6.92 Å². The zero-order chi connectivity index (χ0) is 12.8. The van der Waals surface area contributed by atoms with Crippen molar-refractivity contribution >= 4 is 15.9 Å². The quantitative estimate of drug-likeness (QED) is 0.710. The van der Waals surface area contributed by atoms with Crippen LogP contribution in [0, 0.1) is 11.7 Å². The van der Waals surface area contributed by atoms with Gasteiger partial charge in [-0.3, -0.25) is 0 Å². The highest BCUT2D eigenvalue weighted by molar-refractivity contribution is 9.10. The van der Waals surface area contributed by atoms with Gasteiger partial charge in [0.25, 0.3) is 0 Å². The van der Waals surface area contributed by atoms with E-state index in [0.717, 1.165) is 29.5 Å². The summed E-state index contributed by atoms with van der Waals surface area (Å²) in [5.74, 6) is 0.367. The van der Waals surface area contributed by atoms with E-state index < -0.39 is 0 Å². The zero-order valence-corrected chi connectivity index (χ0v) is 12.3. The first-order chi connectivity index (χ1) is 8.08. The number of hydrogen-bond acceptors (Lipinski definition) is 1. The molecule has 0 aliphatic heterocycles. The minimum Gasteiger partial charge on any atom is -0.373 e. The van der Waals surface area contributed by atoms with Crippen LogP contribution in [0.1, 0.15) is 45.3 Å². The topological polar surface area (TPSA) is 9.23 Å². The normalized spacial score (nSPS) is 13.1. The SMILES string of the molecule is CCC(CC)CO[C@H](C)c1cc(F)ccc1Br. The largest absolute Gasteiger partial charge is 0.373 e. The van der Waals surface area contributed by atoms with Gasteiger partial charge in [0.2, 0.25) is 0 Å². The summed E-state index contributed by atoms with van der Waals surface area (Å²) in [6.45, 7) is 7.03. The Hall–Kier alpha value is -0.410. The smallest absolute Gasteiger partial charge is 0.123 e. The maximum Gasteiger partial charge on any atom is 0.123 e. The molecule has 1 nitrogen and oxygen atoms in total. The molecule has 96 valence electrons. The lowest BCUT2D eigenvalue weighted by Crippen LogP contribution is -2.11. The van der Waals surface area contributed by atoms with Crippen molar-refractivity contribution in [1.29, 1.82) is 0 Å². The number of ether oxygens (including phenoxy) is 1. The van der Waals surface area contributed by atoms with Gasteiger partial charge in [-0.1, -0.05) is 42.6 Å². The van der Waals surface area contributed by atoms with E-state index in [1.165, 1.54) is 12.1 Å². The summed E-state index contributed by atoms with van der Waals surface area (Å²) in [6, 6.07) is 4.70. The van der Waals surface area contributed by atoms with Crippen LogP contribution in [0.4, 0.5) is 4.39 Å². The van der Waals surface area contributed by atoms with Crippen molar-refractivity contribution in [3.8, 4) is 0 Å². The average Bonchev–Trinajstić information content (AvgIpc) is 2.33. The minimum atomic E-state index is -0.221. The molecule has 3 heteroatoms. The molecule has 0 unspecified atom stereocenters. The van der Waals surface area contributed by atoms with Crippen molar-refractivity contribution in [2.75, 3.05) is 6.61 Å². The molecule has 0 fully saturated rings. The van der Waals surface area contributed by atoms with Crippen molar-refractivity contribution in [3.63, 3.8) is 0 Å². The molecule has 0 spiro atoms. The Kier molecular flexibility index (Phi) is 6.14. The highest BCUT2D eigenvalue weighted by Crippen LogP contribution is 2.27. The molecule has 0 radical (unpaired) electrons. The van der Waals surface area contributed by atoms with Crippen LogP contribution in [-0.4, -0.2) is 6.61 Å². The number of rotatable bonds is 6. The molecule has 1 aromatic rings. The van der Waals surface area contributed by atoms with Gasteiger partial charge in [-0.15, -0.1) is 0 Å². The number of benzene rings is 1. The standard InChI is InChI=1S/C14H20BrFO/c1-4-11(5-2)9-17-10(3)13-8-12(16)6-7-14(13)15/h6-8,10-11H,4-5,9H2,1-3H3/t10-/m1/s1. The fourth-order valence-electron chi connectivity index (χ4n) is 1.72. The average molecular weight is 303 g/mol. The summed E-state index contributed by atoms with van der Waals surface area (Å²) in [4.78, 5) is 0. The Bertz CT molecular complexity index is 350. The Morgan fingerprint density at radius 3 is 2.53 bits per heavy atom. The molecule has 0 saturated heterocycles. The van der Waals surface area contributed by atoms with E-state index >= 15 is 0 Å². The first-order valence-corrected chi connectivity index (χ1v) is 6.94. The van der Waals surface area contributed by atoms with Gasteiger partial charge in [0.05, 0.1) is 12.7 Å². The van der Waals surface area contributed by atoms with Crippen molar-refractivity contribution in [3.05, 3.63) is 34.1 Å². The second-order valence-corrected chi connectivity index (χ2v) is 5.18. The molecule has 1 rings (SSSR count). The van der Waals surface area contributed by atoms with Crippen molar-refractivity contribution in [2.24, 2.45) is 5.92 Å². The number of hydrogen-bond donors (Lipinski definition) is 0. The molecule has 0 aliphatic rings. The molecule has 1 atom stereocenters. The maximum atomic E-state index is 13.2. The van der Waals surface area contributed by atoms with Gasteiger partial charge in [0.1, 0.15) is 5.82 Å². The fraction of sp³-hybridized carbons (Fsp3) is 0.571. The Balaban J connectivity index is 2.63. The lowest BCUT2D eigenvalue weighted by molar-refractivity contribution is 0.0369. The molecule has 1 aromatic carbocycles. The van der Waals surface area contributed by atoms with Gasteiger partial charge in [-0.2, -0.15) is 0 Å². The van der Waals surface area contributed by atoms with Gasteiger partial charge in [-0.25, -0.2) is 4.39 Å². The second kappa shape index (κ2) is 7.12. The third-order valence-electron chi connectivity index (χ3n) is 3.13. The van der Waals surface area contributed by atoms with Crippen LogP contribution in [-0.2, 0) is 4.74 Å². The molecular formula is C14H20BrFO. The van der Waals surface area contributed by atoms with Crippen molar-refractivity contribution in [1.82, 2.24) is 0 Å². The monoisotopic (exact) mass is 302 g/mol. The summed E-state index contributed by atoms with van der Waals surface area (Å²) in [5.41, 5.74) is 0.871. The summed E-state index contributed by atoms with van der Waals surface area (Å²) >= 11 is 3.43. The minimum absolute atomic E-state index is 0.0827. The van der Waals surface area contributed by atoms with Crippen LogP contribution in [0.3, 0.4) is 0 Å². The van der Waals surface area contributed by atoms with Crippen molar-refractivity contribution in [2.45, 2.75) is 39.7 Å². The molecule has 0 aliphatic carbocycles. The Morgan fingerprint density at radius 1 is 1.29 bits per heavy atom. The van der Waals surface area contributed by atoms with Crippen LogP contribution < -0.4 is 0 Å². The third kappa shape index (κ3) is 4.40. The van der Waals surface area contributed by atoms with E-state index in [-0.39, 0.29) is 11.9 Å². The van der Waals surface area contributed by atoms with E-state index in [2.05, 4.69) is 29.8 Å². The van der Waals surface area contributed by atoms with Crippen LogP contribution in [0.2, 0.25) is 0 Å². The third-order valence-corrected chi connectivity index (χ3v) is 3.85. The Morgan fingerprint density at radius 2 is 1.94 bits per heavy atom. The van der Waals surface area contributed by atoms with Gasteiger partial charge in [0, 0.05) is 4.47 Å². The van der Waals surface area contributed by atoms with Gasteiger partial charge < -0.3 is 4.74 Å². The van der Waals surface area contributed by atoms with Gasteiger partial charge >= 0.3 is 0 Å². The zero-order valence-electron chi connectivity index (χ0n) is 10.7. The summed E-state index contributed by atoms with van der Waals surface area (Å²) in [7, 11) is 0. The summed E-state index contributed by atoms with van der Waals surface area (Å²) < 4.78 is 19.9. The van der Waals surface area contributed by atoms with Crippen molar-refractivity contribution < 1.29 is 9.13 Å². The first kappa shape index (κ1) is 14.7. The fourth-order valence-corrected chi connectivity index (χ4v) is 2.29. The summed E-state index contributed by atoms with van der Waals surface area (Å²) in [6.07, 6.45) is 2.15. The molecule has 0 N–H and O–H groups in total. The molecule has 0 aromatic heterocycles. The van der Waals surface area contributed by atoms with Crippen LogP contribution >= 0.6 is 15.9 Å². The van der Waals surface area contributed by atoms with E-state index in [4.69, 9.17) is 4.74 Å².